The predicted octanol–water partition coefficient (Wildman–Crippen LogP) is 4.65. The molecule has 0 bridgehead atoms. The van der Waals surface area contributed by atoms with Gasteiger partial charge in [-0.15, -0.1) is 0 Å². The van der Waals surface area contributed by atoms with Gasteiger partial charge in [-0.2, -0.15) is 0 Å². The quantitative estimate of drug-likeness (QED) is 0.637. The summed E-state index contributed by atoms with van der Waals surface area (Å²) in [4.78, 5) is 20.2. The van der Waals surface area contributed by atoms with Gasteiger partial charge in [0.25, 0.3) is 0 Å². The van der Waals surface area contributed by atoms with Gasteiger partial charge in [-0.3, -0.25) is 4.79 Å². The summed E-state index contributed by atoms with van der Waals surface area (Å²) >= 11 is 7.46. The number of hydrogen-bond donors (Lipinski definition) is 2. The third kappa shape index (κ3) is 4.08. The largest absolute Gasteiger partial charge is 0.495 e. The summed E-state index contributed by atoms with van der Waals surface area (Å²) in [7, 11) is 1.55. The van der Waals surface area contributed by atoms with Gasteiger partial charge in [-0.25, -0.2) is 4.98 Å². The summed E-state index contributed by atoms with van der Waals surface area (Å²) in [6.45, 7) is 3.87. The van der Waals surface area contributed by atoms with E-state index in [-0.39, 0.29) is 11.2 Å². The Kier molecular flexibility index (Phi) is 5.20. The number of benzene rings is 2. The summed E-state index contributed by atoms with van der Waals surface area (Å²) in [5.41, 5.74) is 3.65. The van der Waals surface area contributed by atoms with Crippen LogP contribution in [0.2, 0.25) is 5.02 Å². The molecule has 0 spiro atoms. The number of halogens is 1. The molecule has 1 aromatic heterocycles. The second-order valence-corrected chi connectivity index (χ2v) is 7.40. The first kappa shape index (κ1) is 17.6. The molecule has 0 saturated carbocycles. The van der Waals surface area contributed by atoms with Gasteiger partial charge in [0.1, 0.15) is 5.75 Å². The second-order valence-electron chi connectivity index (χ2n) is 5.66. The van der Waals surface area contributed by atoms with Gasteiger partial charge in [0.05, 0.1) is 28.4 Å². The van der Waals surface area contributed by atoms with E-state index in [2.05, 4.69) is 15.3 Å². The average Bonchev–Trinajstić information content (AvgIpc) is 2.96. The maximum Gasteiger partial charge on any atom is 0.237 e. The topological polar surface area (TPSA) is 67.0 Å². The Morgan fingerprint density at radius 2 is 2.12 bits per heavy atom. The van der Waals surface area contributed by atoms with Crippen molar-refractivity contribution >= 4 is 46.0 Å². The predicted molar refractivity (Wildman–Crippen MR) is 103 cm³/mol. The van der Waals surface area contributed by atoms with Crippen LogP contribution < -0.4 is 10.1 Å². The van der Waals surface area contributed by atoms with Crippen molar-refractivity contribution in [3.8, 4) is 5.75 Å². The number of amides is 1. The van der Waals surface area contributed by atoms with Crippen LogP contribution in [0.1, 0.15) is 12.5 Å². The fourth-order valence-electron chi connectivity index (χ4n) is 2.36. The van der Waals surface area contributed by atoms with Crippen LogP contribution in [0.3, 0.4) is 0 Å². The first-order chi connectivity index (χ1) is 12.0. The first-order valence-electron chi connectivity index (χ1n) is 7.73. The number of imidazole rings is 1. The third-order valence-electron chi connectivity index (χ3n) is 3.69. The molecular formula is C18H18ClN3O2S. The van der Waals surface area contributed by atoms with Crippen LogP contribution >= 0.6 is 23.4 Å². The molecule has 0 radical (unpaired) electrons. The van der Waals surface area contributed by atoms with Crippen LogP contribution in [-0.4, -0.2) is 28.2 Å². The minimum absolute atomic E-state index is 0.122. The molecule has 1 atom stereocenters. The molecule has 25 heavy (non-hydrogen) atoms. The Morgan fingerprint density at radius 1 is 1.32 bits per heavy atom. The molecule has 130 valence electrons. The van der Waals surface area contributed by atoms with Gasteiger partial charge in [-0.05, 0) is 49.7 Å². The minimum Gasteiger partial charge on any atom is -0.495 e. The van der Waals surface area contributed by atoms with Crippen molar-refractivity contribution in [1.29, 1.82) is 0 Å². The summed E-state index contributed by atoms with van der Waals surface area (Å²) in [5, 5.41) is 3.71. The lowest BCUT2D eigenvalue weighted by Gasteiger charge is -2.11. The average molecular weight is 376 g/mol. The van der Waals surface area contributed by atoms with Crippen molar-refractivity contribution in [2.24, 2.45) is 0 Å². The lowest BCUT2D eigenvalue weighted by atomic mass is 10.2. The molecule has 2 N–H and O–H groups in total. The highest BCUT2D eigenvalue weighted by Gasteiger charge is 2.17. The molecule has 2 aromatic carbocycles. The number of aromatic nitrogens is 2. The van der Waals surface area contributed by atoms with Crippen molar-refractivity contribution in [3.63, 3.8) is 0 Å². The lowest BCUT2D eigenvalue weighted by Crippen LogP contribution is -2.22. The number of carbonyl (C=O) groups is 1. The molecule has 3 rings (SSSR count). The van der Waals surface area contributed by atoms with Crippen molar-refractivity contribution < 1.29 is 9.53 Å². The van der Waals surface area contributed by atoms with Crippen LogP contribution in [-0.2, 0) is 4.79 Å². The van der Waals surface area contributed by atoms with Gasteiger partial charge in [0.15, 0.2) is 5.16 Å². The smallest absolute Gasteiger partial charge is 0.237 e. The number of nitrogens with one attached hydrogen (secondary N) is 2. The number of fused-ring (bicyclic) bond motifs is 1. The second kappa shape index (κ2) is 7.37. The molecule has 0 aliphatic heterocycles. The SMILES string of the molecule is COc1ccc(NC(=O)C(C)Sc2nc3ccc(C)cc3[nH]2)cc1Cl. The highest BCUT2D eigenvalue weighted by atomic mass is 35.5. The number of hydrogen-bond acceptors (Lipinski definition) is 4. The van der Waals surface area contributed by atoms with E-state index in [0.29, 0.717) is 16.5 Å². The fourth-order valence-corrected chi connectivity index (χ4v) is 3.44. The number of ether oxygens (including phenoxy) is 1. The molecule has 1 heterocycles. The van der Waals surface area contributed by atoms with E-state index < -0.39 is 0 Å². The molecule has 0 fully saturated rings. The van der Waals surface area contributed by atoms with E-state index in [0.717, 1.165) is 21.8 Å². The molecule has 5 nitrogen and oxygen atoms in total. The highest BCUT2D eigenvalue weighted by molar-refractivity contribution is 8.00. The van der Waals surface area contributed by atoms with Gasteiger partial charge in [-0.1, -0.05) is 29.4 Å². The Balaban J connectivity index is 1.68. The number of carbonyl (C=O) groups excluding carboxylic acids is 1. The minimum atomic E-state index is -0.317. The summed E-state index contributed by atoms with van der Waals surface area (Å²) in [6, 6.07) is 11.2. The Morgan fingerprint density at radius 3 is 2.84 bits per heavy atom. The van der Waals surface area contributed by atoms with E-state index >= 15 is 0 Å². The van der Waals surface area contributed by atoms with Crippen molar-refractivity contribution in [1.82, 2.24) is 9.97 Å². The maximum absolute atomic E-state index is 12.4. The van der Waals surface area contributed by atoms with Crippen molar-refractivity contribution in [2.45, 2.75) is 24.3 Å². The van der Waals surface area contributed by atoms with Crippen LogP contribution in [0.4, 0.5) is 5.69 Å². The molecule has 1 unspecified atom stereocenters. The number of nitrogens with zero attached hydrogens (tertiary/aromatic N) is 1. The molecule has 7 heteroatoms. The molecule has 3 aromatic rings. The van der Waals surface area contributed by atoms with Gasteiger partial charge in [0, 0.05) is 5.69 Å². The maximum atomic E-state index is 12.4. The zero-order chi connectivity index (χ0) is 18.0. The van der Waals surface area contributed by atoms with Crippen LogP contribution in [0, 0.1) is 6.92 Å². The zero-order valence-corrected chi connectivity index (χ0v) is 15.7. The van der Waals surface area contributed by atoms with E-state index in [4.69, 9.17) is 16.3 Å². The van der Waals surface area contributed by atoms with Crippen LogP contribution in [0.5, 0.6) is 5.75 Å². The highest BCUT2D eigenvalue weighted by Crippen LogP contribution is 2.28. The van der Waals surface area contributed by atoms with Gasteiger partial charge in [0.2, 0.25) is 5.91 Å². The number of thioether (sulfide) groups is 1. The van der Waals surface area contributed by atoms with E-state index in [1.165, 1.54) is 11.8 Å². The summed E-state index contributed by atoms with van der Waals surface area (Å²) < 4.78 is 5.11. The Hall–Kier alpha value is -2.18. The first-order valence-corrected chi connectivity index (χ1v) is 8.99. The standard InChI is InChI=1S/C18H18ClN3O2S/c1-10-4-6-14-15(8-10)22-18(21-14)25-11(2)17(23)20-12-5-7-16(24-3)13(19)9-12/h4-9,11H,1-3H3,(H,20,23)(H,21,22). The number of aromatic amines is 1. The van der Waals surface area contributed by atoms with Gasteiger partial charge < -0.3 is 15.0 Å². The van der Waals surface area contributed by atoms with Crippen molar-refractivity contribution in [3.05, 3.63) is 47.0 Å². The molecule has 0 aliphatic carbocycles. The number of aryl methyl sites for hydroxylation is 1. The molecule has 0 aliphatic rings. The number of anilines is 1. The zero-order valence-electron chi connectivity index (χ0n) is 14.1. The fraction of sp³-hybridized carbons (Fsp3) is 0.222. The molecule has 0 saturated heterocycles. The molecular weight excluding hydrogens is 358 g/mol. The Bertz CT molecular complexity index is 926. The van der Waals surface area contributed by atoms with Crippen LogP contribution in [0.25, 0.3) is 11.0 Å². The van der Waals surface area contributed by atoms with E-state index in [1.807, 2.05) is 32.0 Å². The van der Waals surface area contributed by atoms with Crippen molar-refractivity contribution in [2.75, 3.05) is 12.4 Å². The number of methoxy groups -OCH3 is 1. The molecule has 1 amide bonds. The monoisotopic (exact) mass is 375 g/mol. The van der Waals surface area contributed by atoms with E-state index in [9.17, 15) is 4.79 Å². The third-order valence-corrected chi connectivity index (χ3v) is 4.97. The normalized spacial score (nSPS) is 12.2. The summed E-state index contributed by atoms with van der Waals surface area (Å²) in [5.74, 6) is 0.447. The lowest BCUT2D eigenvalue weighted by molar-refractivity contribution is -0.115. The number of rotatable bonds is 5. The summed E-state index contributed by atoms with van der Waals surface area (Å²) in [6.07, 6.45) is 0. The number of H-pyrrole nitrogens is 1. The van der Waals surface area contributed by atoms with Crippen LogP contribution in [0.15, 0.2) is 41.6 Å². The van der Waals surface area contributed by atoms with Gasteiger partial charge >= 0.3 is 0 Å². The Labute approximate surface area is 155 Å². The van der Waals surface area contributed by atoms with E-state index in [1.54, 1.807) is 25.3 Å².